The first-order chi connectivity index (χ1) is 9.53. The van der Waals surface area contributed by atoms with E-state index in [1.165, 1.54) is 0 Å². The normalized spacial score (nSPS) is 30.5. The number of carbonyl (C=O) groups excluding carboxylic acids is 1. The average molecular weight is 291 g/mol. The third kappa shape index (κ3) is 4.68. The van der Waals surface area contributed by atoms with E-state index in [9.17, 15) is 15.0 Å². The van der Waals surface area contributed by atoms with Crippen LogP contribution < -0.4 is 5.32 Å². The molecule has 0 aliphatic carbocycles. The van der Waals surface area contributed by atoms with Crippen molar-refractivity contribution in [3.05, 3.63) is 0 Å². The SMILES string of the molecule is CCC(CC)C(=O)OCNC1CC(O)C(O)C(CO)O1. The van der Waals surface area contributed by atoms with Crippen LogP contribution in [0.15, 0.2) is 0 Å². The van der Waals surface area contributed by atoms with Gasteiger partial charge in [0.1, 0.15) is 25.2 Å². The number of hydrogen-bond acceptors (Lipinski definition) is 7. The Morgan fingerprint density at radius 1 is 1.40 bits per heavy atom. The molecule has 7 heteroatoms. The molecule has 4 unspecified atom stereocenters. The van der Waals surface area contributed by atoms with E-state index in [0.717, 1.165) is 12.8 Å². The van der Waals surface area contributed by atoms with Crippen molar-refractivity contribution in [2.75, 3.05) is 13.3 Å². The van der Waals surface area contributed by atoms with Crippen molar-refractivity contribution in [3.8, 4) is 0 Å². The molecule has 0 aromatic carbocycles. The molecule has 20 heavy (non-hydrogen) atoms. The van der Waals surface area contributed by atoms with Gasteiger partial charge in [0.2, 0.25) is 0 Å². The Morgan fingerprint density at radius 2 is 2.05 bits per heavy atom. The molecule has 118 valence electrons. The second-order valence-corrected chi connectivity index (χ2v) is 4.96. The van der Waals surface area contributed by atoms with E-state index in [1.807, 2.05) is 13.8 Å². The van der Waals surface area contributed by atoms with Crippen molar-refractivity contribution >= 4 is 5.97 Å². The number of ether oxygens (including phenoxy) is 2. The van der Waals surface area contributed by atoms with Gasteiger partial charge in [0.05, 0.1) is 18.6 Å². The largest absolute Gasteiger partial charge is 0.449 e. The van der Waals surface area contributed by atoms with Crippen LogP contribution in [0.5, 0.6) is 0 Å². The third-order valence-electron chi connectivity index (χ3n) is 3.59. The third-order valence-corrected chi connectivity index (χ3v) is 3.59. The zero-order chi connectivity index (χ0) is 15.1. The standard InChI is InChI=1S/C13H25NO6/c1-3-8(4-2)13(18)19-7-14-11-5-9(16)12(17)10(6-15)20-11/h8-12,14-17H,3-7H2,1-2H3. The average Bonchev–Trinajstić information content (AvgIpc) is 2.43. The van der Waals surface area contributed by atoms with Gasteiger partial charge in [0, 0.05) is 6.42 Å². The molecule has 1 heterocycles. The number of aliphatic hydroxyl groups is 3. The van der Waals surface area contributed by atoms with Gasteiger partial charge in [-0.15, -0.1) is 0 Å². The van der Waals surface area contributed by atoms with E-state index < -0.39 is 24.5 Å². The summed E-state index contributed by atoms with van der Waals surface area (Å²) < 4.78 is 10.4. The number of esters is 1. The summed E-state index contributed by atoms with van der Waals surface area (Å²) in [7, 11) is 0. The van der Waals surface area contributed by atoms with Gasteiger partial charge in [-0.1, -0.05) is 13.8 Å². The lowest BCUT2D eigenvalue weighted by Crippen LogP contribution is -2.54. The van der Waals surface area contributed by atoms with Crippen molar-refractivity contribution in [2.45, 2.75) is 57.6 Å². The van der Waals surface area contributed by atoms with Gasteiger partial charge in [-0.05, 0) is 12.8 Å². The summed E-state index contributed by atoms with van der Waals surface area (Å²) in [6.45, 7) is 3.44. The van der Waals surface area contributed by atoms with E-state index in [2.05, 4.69) is 5.32 Å². The number of rotatable bonds is 7. The maximum atomic E-state index is 11.7. The highest BCUT2D eigenvalue weighted by Gasteiger charge is 2.36. The molecule has 0 spiro atoms. The Kier molecular flexibility index (Phi) is 7.39. The fraction of sp³-hybridized carbons (Fsp3) is 0.923. The molecular formula is C13H25NO6. The van der Waals surface area contributed by atoms with E-state index in [-0.39, 0.29) is 31.6 Å². The molecule has 1 aliphatic heterocycles. The first kappa shape index (κ1) is 17.3. The van der Waals surface area contributed by atoms with Crippen molar-refractivity contribution in [1.82, 2.24) is 5.32 Å². The molecule has 1 fully saturated rings. The molecule has 7 nitrogen and oxygen atoms in total. The minimum atomic E-state index is -1.11. The number of hydrogen-bond donors (Lipinski definition) is 4. The topological polar surface area (TPSA) is 108 Å². The van der Waals surface area contributed by atoms with Gasteiger partial charge in [0.15, 0.2) is 0 Å². The molecular weight excluding hydrogens is 266 g/mol. The zero-order valence-electron chi connectivity index (χ0n) is 12.0. The summed E-state index contributed by atoms with van der Waals surface area (Å²) in [5.74, 6) is -0.376. The van der Waals surface area contributed by atoms with Gasteiger partial charge in [-0.2, -0.15) is 0 Å². The van der Waals surface area contributed by atoms with E-state index in [4.69, 9.17) is 14.6 Å². The highest BCUT2D eigenvalue weighted by molar-refractivity contribution is 5.72. The lowest BCUT2D eigenvalue weighted by Gasteiger charge is -2.36. The molecule has 0 saturated carbocycles. The fourth-order valence-electron chi connectivity index (χ4n) is 2.18. The van der Waals surface area contributed by atoms with Crippen molar-refractivity contribution in [3.63, 3.8) is 0 Å². The summed E-state index contributed by atoms with van der Waals surface area (Å²) in [6.07, 6.45) is -1.87. The van der Waals surface area contributed by atoms with Gasteiger partial charge in [0.25, 0.3) is 0 Å². The molecule has 4 N–H and O–H groups in total. The Labute approximate surface area is 118 Å². The van der Waals surface area contributed by atoms with E-state index in [1.54, 1.807) is 0 Å². The van der Waals surface area contributed by atoms with Crippen LogP contribution in [0.3, 0.4) is 0 Å². The van der Waals surface area contributed by atoms with Crippen molar-refractivity contribution < 1.29 is 29.6 Å². The maximum absolute atomic E-state index is 11.7. The van der Waals surface area contributed by atoms with Crippen LogP contribution in [-0.2, 0) is 14.3 Å². The molecule has 0 aromatic rings. The highest BCUT2D eigenvalue weighted by atomic mass is 16.6. The van der Waals surface area contributed by atoms with Crippen LogP contribution in [-0.4, -0.2) is 59.2 Å². The van der Waals surface area contributed by atoms with E-state index >= 15 is 0 Å². The number of nitrogens with one attached hydrogen (secondary N) is 1. The molecule has 1 rings (SSSR count). The van der Waals surface area contributed by atoms with Crippen LogP contribution in [0.2, 0.25) is 0 Å². The number of carbonyl (C=O) groups is 1. The summed E-state index contributed by atoms with van der Waals surface area (Å²) in [5.41, 5.74) is 0. The van der Waals surface area contributed by atoms with Crippen molar-refractivity contribution in [1.29, 1.82) is 0 Å². The first-order valence-corrected chi connectivity index (χ1v) is 7.05. The van der Waals surface area contributed by atoms with Crippen LogP contribution >= 0.6 is 0 Å². The van der Waals surface area contributed by atoms with E-state index in [0.29, 0.717) is 0 Å². The van der Waals surface area contributed by atoms with Crippen LogP contribution in [0.1, 0.15) is 33.1 Å². The molecule has 0 amide bonds. The molecule has 4 atom stereocenters. The quantitative estimate of drug-likeness (QED) is 0.364. The summed E-state index contributed by atoms with van der Waals surface area (Å²) in [5, 5.41) is 31.1. The summed E-state index contributed by atoms with van der Waals surface area (Å²) in [6, 6.07) is 0. The molecule has 1 aliphatic rings. The molecule has 0 radical (unpaired) electrons. The van der Waals surface area contributed by atoms with Gasteiger partial charge < -0.3 is 24.8 Å². The lowest BCUT2D eigenvalue weighted by molar-refractivity contribution is -0.192. The Bertz CT molecular complexity index is 297. The van der Waals surface area contributed by atoms with Gasteiger partial charge >= 0.3 is 5.97 Å². The Balaban J connectivity index is 2.33. The Hall–Kier alpha value is -0.730. The monoisotopic (exact) mass is 291 g/mol. The fourth-order valence-corrected chi connectivity index (χ4v) is 2.18. The van der Waals surface area contributed by atoms with Gasteiger partial charge in [-0.3, -0.25) is 10.1 Å². The minimum Gasteiger partial charge on any atom is -0.449 e. The molecule has 0 aromatic heterocycles. The van der Waals surface area contributed by atoms with Crippen LogP contribution in [0.25, 0.3) is 0 Å². The maximum Gasteiger partial charge on any atom is 0.310 e. The zero-order valence-corrected chi connectivity index (χ0v) is 12.0. The highest BCUT2D eigenvalue weighted by Crippen LogP contribution is 2.18. The smallest absolute Gasteiger partial charge is 0.310 e. The predicted molar refractivity (Wildman–Crippen MR) is 70.5 cm³/mol. The predicted octanol–water partition coefficient (Wildman–Crippen LogP) is -0.658. The Morgan fingerprint density at radius 3 is 2.60 bits per heavy atom. The summed E-state index contributed by atoms with van der Waals surface area (Å²) >= 11 is 0. The minimum absolute atomic E-state index is 0.0268. The molecule has 1 saturated heterocycles. The number of aliphatic hydroxyl groups excluding tert-OH is 3. The van der Waals surface area contributed by atoms with Crippen LogP contribution in [0.4, 0.5) is 0 Å². The molecule has 0 bridgehead atoms. The lowest BCUT2D eigenvalue weighted by atomic mass is 10.0. The van der Waals surface area contributed by atoms with Gasteiger partial charge in [-0.25, -0.2) is 0 Å². The summed E-state index contributed by atoms with van der Waals surface area (Å²) in [4.78, 5) is 11.7. The second kappa shape index (κ2) is 8.53. The first-order valence-electron chi connectivity index (χ1n) is 7.05. The van der Waals surface area contributed by atoms with Crippen LogP contribution in [0, 0.1) is 5.92 Å². The van der Waals surface area contributed by atoms with Crippen molar-refractivity contribution in [2.24, 2.45) is 5.92 Å². The second-order valence-electron chi connectivity index (χ2n) is 4.96.